The molecule has 2 aromatic carbocycles. The van der Waals surface area contributed by atoms with Crippen LogP contribution in [-0.4, -0.2) is 33.7 Å². The fourth-order valence-electron chi connectivity index (χ4n) is 4.22. The van der Waals surface area contributed by atoms with Crippen LogP contribution >= 0.6 is 0 Å². The molecule has 0 aliphatic heterocycles. The van der Waals surface area contributed by atoms with Crippen LogP contribution in [0.4, 0.5) is 0 Å². The molecule has 0 aliphatic rings. The number of benzene rings is 2. The molecule has 7 heteroatoms. The van der Waals surface area contributed by atoms with E-state index in [1.807, 2.05) is 13.8 Å². The molecule has 2 atom stereocenters. The lowest BCUT2D eigenvalue weighted by Crippen LogP contribution is -2.33. The van der Waals surface area contributed by atoms with Crippen molar-refractivity contribution in [3.8, 4) is 11.5 Å². The van der Waals surface area contributed by atoms with Crippen molar-refractivity contribution in [2.24, 2.45) is 11.8 Å². The topological polar surface area (TPSA) is 118 Å². The minimum absolute atomic E-state index is 0.00819. The summed E-state index contributed by atoms with van der Waals surface area (Å²) >= 11 is 0. The average Bonchev–Trinajstić information content (AvgIpc) is 2.86. The normalized spacial score (nSPS) is 12.5. The largest absolute Gasteiger partial charge is 0.507 e. The number of unbranched alkanes of at least 4 members (excludes halogenated alkanes) is 4. The Morgan fingerprint density at radius 3 is 1.41 bits per heavy atom. The molecule has 200 valence electrons. The maximum atomic E-state index is 13.3. The fraction of sp³-hybridized carbons (Fsp3) is 0.467. The average molecular weight is 511 g/mol. The second kappa shape index (κ2) is 14.3. The summed E-state index contributed by atoms with van der Waals surface area (Å²) in [7, 11) is 0. The lowest BCUT2D eigenvalue weighted by Gasteiger charge is -2.19. The number of carbonyl (C=O) groups excluding carboxylic acids is 4. The molecule has 0 saturated carbocycles. The number of phenols is 2. The van der Waals surface area contributed by atoms with Gasteiger partial charge in [0.1, 0.15) is 23.3 Å². The van der Waals surface area contributed by atoms with E-state index in [9.17, 15) is 29.4 Å². The number of aryl methyl sites for hydroxylation is 2. The standard InChI is InChI=1S/C30H38O7/c1-5-7-9-11-21(27(33)23-17-19(3)13-15-25(23)31)29(35)37-30(36)22(12-10-8-6-2)28(34)24-18-20(4)14-16-26(24)32/h13-18,21-22,31-32H,5-12H2,1-4H3. The van der Waals surface area contributed by atoms with Crippen LogP contribution < -0.4 is 0 Å². The summed E-state index contributed by atoms with van der Waals surface area (Å²) in [4.78, 5) is 52.9. The lowest BCUT2D eigenvalue weighted by atomic mass is 9.90. The highest BCUT2D eigenvalue weighted by Gasteiger charge is 2.36. The summed E-state index contributed by atoms with van der Waals surface area (Å²) in [5.41, 5.74) is 1.45. The number of Topliss-reactive ketones (excluding diaryl/α,β-unsaturated/α-hetero) is 2. The van der Waals surface area contributed by atoms with Crippen LogP contribution in [0.1, 0.15) is 97.1 Å². The smallest absolute Gasteiger partial charge is 0.324 e. The Bertz CT molecular complexity index is 1030. The highest BCUT2D eigenvalue weighted by molar-refractivity contribution is 6.15. The van der Waals surface area contributed by atoms with Gasteiger partial charge in [0.25, 0.3) is 0 Å². The number of rotatable bonds is 14. The van der Waals surface area contributed by atoms with Gasteiger partial charge in [-0.25, -0.2) is 0 Å². The predicted molar refractivity (Wildman–Crippen MR) is 141 cm³/mol. The van der Waals surface area contributed by atoms with Crippen molar-refractivity contribution in [2.45, 2.75) is 79.1 Å². The minimum Gasteiger partial charge on any atom is -0.507 e. The monoisotopic (exact) mass is 510 g/mol. The van der Waals surface area contributed by atoms with Gasteiger partial charge in [-0.2, -0.15) is 0 Å². The van der Waals surface area contributed by atoms with Crippen molar-refractivity contribution in [3.05, 3.63) is 58.7 Å². The predicted octanol–water partition coefficient (Wildman–Crippen LogP) is 6.24. The molecule has 0 aromatic heterocycles. The fourth-order valence-corrected chi connectivity index (χ4v) is 4.22. The maximum absolute atomic E-state index is 13.3. The number of ketones is 2. The van der Waals surface area contributed by atoms with Crippen molar-refractivity contribution in [1.82, 2.24) is 0 Å². The van der Waals surface area contributed by atoms with E-state index < -0.39 is 35.3 Å². The van der Waals surface area contributed by atoms with Crippen LogP contribution in [0.25, 0.3) is 0 Å². The number of phenolic OH excluding ortho intramolecular Hbond substituents is 2. The van der Waals surface area contributed by atoms with Crippen molar-refractivity contribution in [1.29, 1.82) is 0 Å². The molecule has 0 spiro atoms. The third-order valence-electron chi connectivity index (χ3n) is 6.43. The van der Waals surface area contributed by atoms with Gasteiger partial charge in [0, 0.05) is 0 Å². The van der Waals surface area contributed by atoms with E-state index in [0.29, 0.717) is 12.8 Å². The first-order valence-electron chi connectivity index (χ1n) is 13.0. The Labute approximate surface area is 218 Å². The lowest BCUT2D eigenvalue weighted by molar-refractivity contribution is -0.163. The number of aromatic hydroxyl groups is 2. The first kappa shape index (κ1) is 29.7. The Balaban J connectivity index is 2.32. The third-order valence-corrected chi connectivity index (χ3v) is 6.43. The van der Waals surface area contributed by atoms with Gasteiger partial charge in [-0.05, 0) is 51.0 Å². The second-order valence-corrected chi connectivity index (χ2v) is 9.61. The van der Waals surface area contributed by atoms with Crippen LogP contribution in [0.3, 0.4) is 0 Å². The van der Waals surface area contributed by atoms with Gasteiger partial charge >= 0.3 is 11.9 Å². The summed E-state index contributed by atoms with van der Waals surface area (Å²) in [5, 5.41) is 20.5. The highest BCUT2D eigenvalue weighted by Crippen LogP contribution is 2.28. The Morgan fingerprint density at radius 2 is 1.05 bits per heavy atom. The maximum Gasteiger partial charge on any atom is 0.324 e. The zero-order chi connectivity index (χ0) is 27.5. The molecule has 2 N–H and O–H groups in total. The van der Waals surface area contributed by atoms with Crippen molar-refractivity contribution >= 4 is 23.5 Å². The molecule has 0 fully saturated rings. The molecule has 0 saturated heterocycles. The molecule has 0 bridgehead atoms. The molecule has 37 heavy (non-hydrogen) atoms. The van der Waals surface area contributed by atoms with Crippen LogP contribution in [0.15, 0.2) is 36.4 Å². The number of hydrogen-bond acceptors (Lipinski definition) is 7. The number of ether oxygens (including phenoxy) is 1. The summed E-state index contributed by atoms with van der Waals surface area (Å²) < 4.78 is 5.18. The van der Waals surface area contributed by atoms with Gasteiger partial charge in [0.2, 0.25) is 0 Å². The third kappa shape index (κ3) is 8.27. The van der Waals surface area contributed by atoms with Gasteiger partial charge in [0.15, 0.2) is 11.6 Å². The van der Waals surface area contributed by atoms with E-state index in [4.69, 9.17) is 4.74 Å². The molecular formula is C30H38O7. The molecular weight excluding hydrogens is 472 g/mol. The van der Waals surface area contributed by atoms with Gasteiger partial charge in [-0.1, -0.05) is 75.6 Å². The van der Waals surface area contributed by atoms with Crippen LogP contribution in [0, 0.1) is 25.7 Å². The Hall–Kier alpha value is -3.48. The summed E-state index contributed by atoms with van der Waals surface area (Å²) in [5.74, 6) is -6.40. The van der Waals surface area contributed by atoms with E-state index in [-0.39, 0.29) is 35.5 Å². The van der Waals surface area contributed by atoms with Crippen LogP contribution in [-0.2, 0) is 14.3 Å². The molecule has 0 radical (unpaired) electrons. The molecule has 0 heterocycles. The first-order chi connectivity index (χ1) is 17.6. The Morgan fingerprint density at radius 1 is 0.676 bits per heavy atom. The van der Waals surface area contributed by atoms with Crippen molar-refractivity contribution in [3.63, 3.8) is 0 Å². The summed E-state index contributed by atoms with van der Waals surface area (Å²) in [6, 6.07) is 9.06. The SMILES string of the molecule is CCCCCC(C(=O)OC(=O)C(CCCCC)C(=O)c1cc(C)ccc1O)C(=O)c1cc(C)ccc1O. The van der Waals surface area contributed by atoms with Crippen LogP contribution in [0.5, 0.6) is 11.5 Å². The zero-order valence-corrected chi connectivity index (χ0v) is 22.2. The molecule has 2 rings (SSSR count). The second-order valence-electron chi connectivity index (χ2n) is 9.61. The molecule has 0 aliphatic carbocycles. The molecule has 7 nitrogen and oxygen atoms in total. The van der Waals surface area contributed by atoms with Crippen molar-refractivity contribution < 1.29 is 34.1 Å². The van der Waals surface area contributed by atoms with Gasteiger partial charge in [-0.3, -0.25) is 19.2 Å². The van der Waals surface area contributed by atoms with E-state index in [2.05, 4.69) is 0 Å². The van der Waals surface area contributed by atoms with Gasteiger partial charge in [-0.15, -0.1) is 0 Å². The highest BCUT2D eigenvalue weighted by atomic mass is 16.6. The summed E-state index contributed by atoms with van der Waals surface area (Å²) in [6.07, 6.45) is 4.68. The van der Waals surface area contributed by atoms with E-state index in [0.717, 1.165) is 36.8 Å². The molecule has 2 unspecified atom stereocenters. The van der Waals surface area contributed by atoms with E-state index >= 15 is 0 Å². The van der Waals surface area contributed by atoms with Crippen LogP contribution in [0.2, 0.25) is 0 Å². The van der Waals surface area contributed by atoms with Crippen molar-refractivity contribution in [2.75, 3.05) is 0 Å². The quantitative estimate of drug-likeness (QED) is 0.134. The molecule has 0 amide bonds. The Kier molecular flexibility index (Phi) is 11.5. The number of esters is 2. The van der Waals surface area contributed by atoms with E-state index in [1.54, 1.807) is 26.0 Å². The van der Waals surface area contributed by atoms with Gasteiger partial charge in [0.05, 0.1) is 11.1 Å². The van der Waals surface area contributed by atoms with E-state index in [1.165, 1.54) is 24.3 Å². The molecule has 2 aromatic rings. The van der Waals surface area contributed by atoms with Gasteiger partial charge < -0.3 is 14.9 Å². The first-order valence-corrected chi connectivity index (χ1v) is 13.0. The minimum atomic E-state index is -1.29. The number of hydrogen-bond donors (Lipinski definition) is 2. The zero-order valence-electron chi connectivity index (χ0n) is 22.2. The summed E-state index contributed by atoms with van der Waals surface area (Å²) in [6.45, 7) is 7.49. The number of carbonyl (C=O) groups is 4.